The van der Waals surface area contributed by atoms with Crippen LogP contribution in [0, 0.1) is 11.6 Å². The molecule has 0 radical (unpaired) electrons. The van der Waals surface area contributed by atoms with Crippen LogP contribution in [-0.4, -0.2) is 5.11 Å². The van der Waals surface area contributed by atoms with Crippen LogP contribution in [-0.2, 0) is 12.8 Å². The second-order valence-corrected chi connectivity index (χ2v) is 9.09. The Bertz CT molecular complexity index is 1370. The second-order valence-electron chi connectivity index (χ2n) is 9.09. The standard InChI is InChI=1S/C30H24F6O/c1-17(2)24-15-25(18-5-11-22(31)12-6-18)26(16-37)27(19-7-13-23(32)14-8-19)28(24)29(33)20-3-9-21(10-4-20)30(34,35)36/h3-15,17,29,37H,16H2,1-2H3. The van der Waals surface area contributed by atoms with Crippen molar-refractivity contribution >= 4 is 0 Å². The van der Waals surface area contributed by atoms with Crippen LogP contribution >= 0.6 is 0 Å². The minimum atomic E-state index is -4.56. The Morgan fingerprint density at radius 2 is 1.27 bits per heavy atom. The molecule has 0 aliphatic carbocycles. The van der Waals surface area contributed by atoms with Gasteiger partial charge in [-0.2, -0.15) is 13.2 Å². The lowest BCUT2D eigenvalue weighted by Crippen LogP contribution is -2.10. The van der Waals surface area contributed by atoms with E-state index in [0.29, 0.717) is 33.4 Å². The number of hydrogen-bond acceptors (Lipinski definition) is 1. The normalized spacial score (nSPS) is 12.7. The number of benzene rings is 4. The second kappa shape index (κ2) is 10.4. The molecule has 4 aromatic carbocycles. The third-order valence-electron chi connectivity index (χ3n) is 6.36. The van der Waals surface area contributed by atoms with Crippen LogP contribution in [0.2, 0.25) is 0 Å². The number of rotatable bonds is 6. The van der Waals surface area contributed by atoms with E-state index in [1.54, 1.807) is 18.2 Å². The van der Waals surface area contributed by atoms with Crippen molar-refractivity contribution in [2.24, 2.45) is 0 Å². The lowest BCUT2D eigenvalue weighted by molar-refractivity contribution is -0.137. The van der Waals surface area contributed by atoms with Gasteiger partial charge in [-0.3, -0.25) is 0 Å². The number of aliphatic hydroxyl groups is 1. The fourth-order valence-corrected chi connectivity index (χ4v) is 4.52. The van der Waals surface area contributed by atoms with E-state index in [1.807, 2.05) is 13.8 Å². The van der Waals surface area contributed by atoms with E-state index in [0.717, 1.165) is 24.3 Å². The van der Waals surface area contributed by atoms with Crippen molar-refractivity contribution < 1.29 is 31.4 Å². The predicted octanol–water partition coefficient (Wildman–Crippen LogP) is 8.99. The van der Waals surface area contributed by atoms with E-state index in [1.165, 1.54) is 36.4 Å². The molecular weight excluding hydrogens is 490 g/mol. The SMILES string of the molecule is CC(C)c1cc(-c2ccc(F)cc2)c(CO)c(-c2ccc(F)cc2)c1C(F)c1ccc(C(F)(F)F)cc1. The first kappa shape index (κ1) is 26.5. The Labute approximate surface area is 211 Å². The zero-order valence-electron chi connectivity index (χ0n) is 20.1. The van der Waals surface area contributed by atoms with Crippen molar-refractivity contribution in [3.05, 3.63) is 118 Å². The monoisotopic (exact) mass is 514 g/mol. The maximum atomic E-state index is 16.4. The van der Waals surface area contributed by atoms with Crippen molar-refractivity contribution in [3.8, 4) is 22.3 Å². The fourth-order valence-electron chi connectivity index (χ4n) is 4.52. The van der Waals surface area contributed by atoms with Crippen molar-refractivity contribution in [1.82, 2.24) is 0 Å². The molecule has 1 unspecified atom stereocenters. The third-order valence-corrected chi connectivity index (χ3v) is 6.36. The maximum Gasteiger partial charge on any atom is 0.416 e. The summed E-state index contributed by atoms with van der Waals surface area (Å²) in [6.07, 6.45) is -6.40. The summed E-state index contributed by atoms with van der Waals surface area (Å²) >= 11 is 0. The molecule has 192 valence electrons. The summed E-state index contributed by atoms with van der Waals surface area (Å²) in [6.45, 7) is 3.18. The molecule has 0 aliphatic heterocycles. The van der Waals surface area contributed by atoms with Crippen molar-refractivity contribution in [1.29, 1.82) is 0 Å². The molecule has 0 aromatic heterocycles. The van der Waals surface area contributed by atoms with Gasteiger partial charge in [0.1, 0.15) is 11.6 Å². The van der Waals surface area contributed by atoms with Crippen LogP contribution in [0.1, 0.15) is 53.8 Å². The Balaban J connectivity index is 2.03. The Hall–Kier alpha value is -3.58. The zero-order chi connectivity index (χ0) is 26.9. The Morgan fingerprint density at radius 1 is 0.757 bits per heavy atom. The molecule has 0 spiro atoms. The van der Waals surface area contributed by atoms with Crippen molar-refractivity contribution in [3.63, 3.8) is 0 Å². The Kier molecular flexibility index (Phi) is 7.46. The largest absolute Gasteiger partial charge is 0.416 e. The highest BCUT2D eigenvalue weighted by Crippen LogP contribution is 2.45. The molecule has 4 aromatic rings. The average molecular weight is 515 g/mol. The minimum absolute atomic E-state index is 0.0108. The summed E-state index contributed by atoms with van der Waals surface area (Å²) < 4.78 is 83.0. The van der Waals surface area contributed by atoms with E-state index < -0.39 is 36.2 Å². The van der Waals surface area contributed by atoms with Gasteiger partial charge in [-0.25, -0.2) is 13.2 Å². The summed E-state index contributed by atoms with van der Waals surface area (Å²) in [4.78, 5) is 0. The van der Waals surface area contributed by atoms with Crippen LogP contribution < -0.4 is 0 Å². The predicted molar refractivity (Wildman–Crippen MR) is 132 cm³/mol. The molecule has 1 nitrogen and oxygen atoms in total. The minimum Gasteiger partial charge on any atom is -0.392 e. The van der Waals surface area contributed by atoms with Gasteiger partial charge in [0.2, 0.25) is 0 Å². The fraction of sp³-hybridized carbons (Fsp3) is 0.200. The van der Waals surface area contributed by atoms with E-state index in [-0.39, 0.29) is 17.0 Å². The van der Waals surface area contributed by atoms with Crippen LogP contribution in [0.5, 0.6) is 0 Å². The lowest BCUT2D eigenvalue weighted by atomic mass is 9.79. The molecule has 37 heavy (non-hydrogen) atoms. The summed E-state index contributed by atoms with van der Waals surface area (Å²) in [5.41, 5.74) is 2.08. The first-order chi connectivity index (χ1) is 17.5. The number of halogens is 6. The van der Waals surface area contributed by atoms with E-state index in [2.05, 4.69) is 0 Å². The van der Waals surface area contributed by atoms with Gasteiger partial charge >= 0.3 is 6.18 Å². The molecule has 0 saturated carbocycles. The highest BCUT2D eigenvalue weighted by Gasteiger charge is 2.32. The summed E-state index contributed by atoms with van der Waals surface area (Å²) in [5, 5.41) is 10.5. The smallest absolute Gasteiger partial charge is 0.392 e. The highest BCUT2D eigenvalue weighted by atomic mass is 19.4. The van der Waals surface area contributed by atoms with E-state index in [9.17, 15) is 27.1 Å². The van der Waals surface area contributed by atoms with E-state index in [4.69, 9.17) is 0 Å². The van der Waals surface area contributed by atoms with Gasteiger partial charge in [-0.1, -0.05) is 56.3 Å². The molecule has 1 atom stereocenters. The molecule has 0 amide bonds. The number of aliphatic hydroxyl groups excluding tert-OH is 1. The number of hydrogen-bond donors (Lipinski definition) is 1. The van der Waals surface area contributed by atoms with E-state index >= 15 is 4.39 Å². The molecule has 7 heteroatoms. The molecule has 0 fully saturated rings. The van der Waals surface area contributed by atoms with Crippen LogP contribution in [0.15, 0.2) is 78.9 Å². The zero-order valence-corrected chi connectivity index (χ0v) is 20.1. The van der Waals surface area contributed by atoms with Gasteiger partial charge < -0.3 is 5.11 Å². The summed E-state index contributed by atoms with van der Waals surface area (Å²) in [6, 6.07) is 16.6. The average Bonchev–Trinajstić information content (AvgIpc) is 2.87. The lowest BCUT2D eigenvalue weighted by Gasteiger charge is -2.26. The molecular formula is C30H24F6O. The first-order valence-corrected chi connectivity index (χ1v) is 11.6. The summed E-state index contributed by atoms with van der Waals surface area (Å²) in [7, 11) is 0. The van der Waals surface area contributed by atoms with Gasteiger partial charge in [0.25, 0.3) is 0 Å². The molecule has 0 aliphatic rings. The third kappa shape index (κ3) is 5.42. The quantitative estimate of drug-likeness (QED) is 0.255. The van der Waals surface area contributed by atoms with Crippen molar-refractivity contribution in [2.75, 3.05) is 0 Å². The first-order valence-electron chi connectivity index (χ1n) is 11.6. The van der Waals surface area contributed by atoms with Gasteiger partial charge in [-0.05, 0) is 81.3 Å². The Morgan fingerprint density at radius 3 is 1.73 bits per heavy atom. The number of alkyl halides is 4. The topological polar surface area (TPSA) is 20.2 Å². The van der Waals surface area contributed by atoms with Crippen molar-refractivity contribution in [2.45, 2.75) is 38.7 Å². The van der Waals surface area contributed by atoms with Gasteiger partial charge in [0.05, 0.1) is 12.2 Å². The molecule has 0 saturated heterocycles. The summed E-state index contributed by atoms with van der Waals surface area (Å²) in [5.74, 6) is -1.18. The molecule has 1 N–H and O–H groups in total. The molecule has 0 bridgehead atoms. The maximum absolute atomic E-state index is 16.4. The molecule has 4 rings (SSSR count). The van der Waals surface area contributed by atoms with Crippen LogP contribution in [0.25, 0.3) is 22.3 Å². The van der Waals surface area contributed by atoms with Gasteiger partial charge in [-0.15, -0.1) is 0 Å². The van der Waals surface area contributed by atoms with Gasteiger partial charge in [0, 0.05) is 5.56 Å². The van der Waals surface area contributed by atoms with Gasteiger partial charge in [0.15, 0.2) is 6.17 Å². The van der Waals surface area contributed by atoms with Crippen LogP contribution in [0.4, 0.5) is 26.3 Å². The highest BCUT2D eigenvalue weighted by molar-refractivity contribution is 5.83. The van der Waals surface area contributed by atoms with Crippen LogP contribution in [0.3, 0.4) is 0 Å². The molecule has 0 heterocycles.